The summed E-state index contributed by atoms with van der Waals surface area (Å²) in [6.45, 7) is 10.3. The molecule has 1 saturated heterocycles. The molecule has 0 aromatic carbocycles. The average Bonchev–Trinajstić information content (AvgIpc) is 2.63. The number of amides is 1. The third kappa shape index (κ3) is 3.69. The van der Waals surface area contributed by atoms with Crippen LogP contribution in [-0.2, 0) is 4.79 Å². The number of hydrogen-bond acceptors (Lipinski definition) is 3. The van der Waals surface area contributed by atoms with Gasteiger partial charge in [-0.15, -0.1) is 0 Å². The molecule has 2 atom stereocenters. The zero-order valence-corrected chi connectivity index (χ0v) is 12.2. The van der Waals surface area contributed by atoms with E-state index in [1.807, 2.05) is 4.90 Å². The number of hydrogen-bond donors (Lipinski definition) is 2. The highest BCUT2D eigenvalue weighted by Crippen LogP contribution is 2.30. The van der Waals surface area contributed by atoms with E-state index < -0.39 is 0 Å². The molecule has 0 aliphatic carbocycles. The van der Waals surface area contributed by atoms with Crippen molar-refractivity contribution in [2.45, 2.75) is 59.0 Å². The van der Waals surface area contributed by atoms with Gasteiger partial charge in [-0.25, -0.2) is 0 Å². The third-order valence-electron chi connectivity index (χ3n) is 3.66. The van der Waals surface area contributed by atoms with E-state index >= 15 is 0 Å². The summed E-state index contributed by atoms with van der Waals surface area (Å²) in [6, 6.07) is 0.108. The summed E-state index contributed by atoms with van der Waals surface area (Å²) in [7, 11) is 0. The van der Waals surface area contributed by atoms with Gasteiger partial charge in [-0.05, 0) is 31.2 Å². The Morgan fingerprint density at radius 3 is 2.67 bits per heavy atom. The van der Waals surface area contributed by atoms with Crippen LogP contribution in [-0.4, -0.2) is 47.7 Å². The van der Waals surface area contributed by atoms with Gasteiger partial charge < -0.3 is 15.3 Å². The van der Waals surface area contributed by atoms with Gasteiger partial charge in [0.2, 0.25) is 5.91 Å². The van der Waals surface area contributed by atoms with Crippen molar-refractivity contribution >= 4 is 5.91 Å². The van der Waals surface area contributed by atoms with Crippen LogP contribution in [0, 0.1) is 5.41 Å². The van der Waals surface area contributed by atoms with Crippen molar-refractivity contribution in [2.75, 3.05) is 19.7 Å². The second kappa shape index (κ2) is 6.53. The van der Waals surface area contributed by atoms with E-state index in [0.717, 1.165) is 25.9 Å². The SMILES string of the molecule is CCCNC1CCN(C(CCO)C(C)(C)C)C1=O. The molecular weight excluding hydrogens is 228 g/mol. The van der Waals surface area contributed by atoms with Crippen LogP contribution in [0.25, 0.3) is 0 Å². The maximum absolute atomic E-state index is 12.4. The standard InChI is InChI=1S/C14H28N2O2/c1-5-8-15-11-6-9-16(13(11)18)12(7-10-17)14(2,3)4/h11-12,15,17H,5-10H2,1-4H3. The van der Waals surface area contributed by atoms with Crippen LogP contribution in [0.15, 0.2) is 0 Å². The molecule has 1 amide bonds. The Balaban J connectivity index is 2.68. The Labute approximate surface area is 111 Å². The van der Waals surface area contributed by atoms with Crippen molar-refractivity contribution in [3.63, 3.8) is 0 Å². The summed E-state index contributed by atoms with van der Waals surface area (Å²) >= 11 is 0. The number of nitrogens with zero attached hydrogens (tertiary/aromatic N) is 1. The number of carbonyl (C=O) groups is 1. The lowest BCUT2D eigenvalue weighted by atomic mass is 9.84. The van der Waals surface area contributed by atoms with Gasteiger partial charge in [0.25, 0.3) is 0 Å². The Kier molecular flexibility index (Phi) is 5.60. The normalized spacial score (nSPS) is 22.6. The second-order valence-corrected chi connectivity index (χ2v) is 6.22. The monoisotopic (exact) mass is 256 g/mol. The van der Waals surface area contributed by atoms with Crippen LogP contribution < -0.4 is 5.32 Å². The first kappa shape index (κ1) is 15.4. The van der Waals surface area contributed by atoms with Crippen LogP contribution in [0.4, 0.5) is 0 Å². The molecule has 106 valence electrons. The summed E-state index contributed by atoms with van der Waals surface area (Å²) < 4.78 is 0. The zero-order valence-electron chi connectivity index (χ0n) is 12.2. The highest BCUT2D eigenvalue weighted by Gasteiger charge is 2.39. The van der Waals surface area contributed by atoms with Gasteiger partial charge in [0, 0.05) is 19.2 Å². The zero-order chi connectivity index (χ0) is 13.8. The van der Waals surface area contributed by atoms with Crippen molar-refractivity contribution < 1.29 is 9.90 Å². The molecule has 0 saturated carbocycles. The fourth-order valence-electron chi connectivity index (χ4n) is 2.70. The molecule has 0 aromatic rings. The Morgan fingerprint density at radius 1 is 1.50 bits per heavy atom. The minimum Gasteiger partial charge on any atom is -0.396 e. The van der Waals surface area contributed by atoms with E-state index in [4.69, 9.17) is 0 Å². The van der Waals surface area contributed by atoms with Gasteiger partial charge in [-0.3, -0.25) is 4.79 Å². The van der Waals surface area contributed by atoms with Gasteiger partial charge in [0.15, 0.2) is 0 Å². The summed E-state index contributed by atoms with van der Waals surface area (Å²) in [6.07, 6.45) is 2.59. The average molecular weight is 256 g/mol. The smallest absolute Gasteiger partial charge is 0.240 e. The Morgan fingerprint density at radius 2 is 2.17 bits per heavy atom. The third-order valence-corrected chi connectivity index (χ3v) is 3.66. The summed E-state index contributed by atoms with van der Waals surface area (Å²) in [4.78, 5) is 14.3. The van der Waals surface area contributed by atoms with Crippen LogP contribution in [0.2, 0.25) is 0 Å². The first-order valence-corrected chi connectivity index (χ1v) is 7.06. The lowest BCUT2D eigenvalue weighted by molar-refractivity contribution is -0.133. The van der Waals surface area contributed by atoms with Gasteiger partial charge in [-0.1, -0.05) is 27.7 Å². The van der Waals surface area contributed by atoms with Crippen molar-refractivity contribution in [3.05, 3.63) is 0 Å². The fourth-order valence-corrected chi connectivity index (χ4v) is 2.70. The van der Waals surface area contributed by atoms with Gasteiger partial charge in [-0.2, -0.15) is 0 Å². The molecule has 4 heteroatoms. The number of likely N-dealkylation sites (tertiary alicyclic amines) is 1. The predicted molar refractivity (Wildman–Crippen MR) is 73.4 cm³/mol. The molecule has 1 aliphatic heterocycles. The van der Waals surface area contributed by atoms with E-state index in [2.05, 4.69) is 33.0 Å². The maximum Gasteiger partial charge on any atom is 0.240 e. The molecule has 4 nitrogen and oxygen atoms in total. The molecule has 1 heterocycles. The fraction of sp³-hybridized carbons (Fsp3) is 0.929. The van der Waals surface area contributed by atoms with Gasteiger partial charge in [0.1, 0.15) is 0 Å². The molecule has 1 fully saturated rings. The molecule has 0 spiro atoms. The molecule has 0 bridgehead atoms. The first-order chi connectivity index (χ1) is 8.41. The molecule has 1 aliphatic rings. The van der Waals surface area contributed by atoms with E-state index in [1.165, 1.54) is 0 Å². The number of rotatable bonds is 6. The molecule has 2 unspecified atom stereocenters. The summed E-state index contributed by atoms with van der Waals surface area (Å²) in [5, 5.41) is 12.5. The van der Waals surface area contributed by atoms with Crippen molar-refractivity contribution in [1.29, 1.82) is 0 Å². The van der Waals surface area contributed by atoms with Crippen LogP contribution in [0.5, 0.6) is 0 Å². The number of nitrogens with one attached hydrogen (secondary N) is 1. The second-order valence-electron chi connectivity index (χ2n) is 6.22. The molecule has 18 heavy (non-hydrogen) atoms. The van der Waals surface area contributed by atoms with Crippen molar-refractivity contribution in [2.24, 2.45) is 5.41 Å². The minimum absolute atomic E-state index is 0.0119. The summed E-state index contributed by atoms with van der Waals surface area (Å²) in [5.41, 5.74) is 0.0119. The lowest BCUT2D eigenvalue weighted by Crippen LogP contribution is -2.48. The number of aliphatic hydroxyl groups excluding tert-OH is 1. The van der Waals surface area contributed by atoms with Crippen molar-refractivity contribution in [3.8, 4) is 0 Å². The Bertz CT molecular complexity index is 273. The van der Waals surface area contributed by atoms with E-state index in [1.54, 1.807) is 0 Å². The molecular formula is C14H28N2O2. The van der Waals surface area contributed by atoms with Gasteiger partial charge >= 0.3 is 0 Å². The van der Waals surface area contributed by atoms with Crippen LogP contribution >= 0.6 is 0 Å². The molecule has 0 aromatic heterocycles. The Hall–Kier alpha value is -0.610. The quantitative estimate of drug-likeness (QED) is 0.755. The summed E-state index contributed by atoms with van der Waals surface area (Å²) in [5.74, 6) is 0.205. The first-order valence-electron chi connectivity index (χ1n) is 7.06. The predicted octanol–water partition coefficient (Wildman–Crippen LogP) is 1.38. The number of carbonyl (C=O) groups excluding carboxylic acids is 1. The minimum atomic E-state index is -0.0199. The van der Waals surface area contributed by atoms with E-state index in [9.17, 15) is 9.90 Å². The lowest BCUT2D eigenvalue weighted by Gasteiger charge is -2.38. The van der Waals surface area contributed by atoms with Gasteiger partial charge in [0.05, 0.1) is 6.04 Å². The van der Waals surface area contributed by atoms with Crippen LogP contribution in [0.1, 0.15) is 47.0 Å². The highest BCUT2D eigenvalue weighted by atomic mass is 16.3. The van der Waals surface area contributed by atoms with E-state index in [0.29, 0.717) is 6.42 Å². The van der Waals surface area contributed by atoms with Crippen molar-refractivity contribution in [1.82, 2.24) is 10.2 Å². The highest BCUT2D eigenvalue weighted by molar-refractivity contribution is 5.84. The molecule has 1 rings (SSSR count). The largest absolute Gasteiger partial charge is 0.396 e. The topological polar surface area (TPSA) is 52.6 Å². The molecule has 0 radical (unpaired) electrons. The van der Waals surface area contributed by atoms with E-state index in [-0.39, 0.29) is 30.0 Å². The van der Waals surface area contributed by atoms with Crippen LogP contribution in [0.3, 0.4) is 0 Å². The maximum atomic E-state index is 12.4. The molecule has 2 N–H and O–H groups in total. The number of aliphatic hydroxyl groups is 1.